The Labute approximate surface area is 189 Å². The predicted octanol–water partition coefficient (Wildman–Crippen LogP) is 2.40. The maximum absolute atomic E-state index is 11.2. The number of rotatable bonds is 1. The number of pyridine rings is 1. The molecule has 0 aromatic carbocycles. The van der Waals surface area contributed by atoms with E-state index in [1.165, 1.54) is 46.7 Å². The van der Waals surface area contributed by atoms with Crippen LogP contribution >= 0.6 is 11.3 Å². The van der Waals surface area contributed by atoms with Crippen LogP contribution in [0.2, 0.25) is 0 Å². The van der Waals surface area contributed by atoms with Gasteiger partial charge in [-0.2, -0.15) is 0 Å². The number of primary amides is 1. The number of fused-ring (bicyclic) bond motifs is 3. The highest BCUT2D eigenvalue weighted by atomic mass is 32.2. The highest BCUT2D eigenvalue weighted by Gasteiger charge is 2.35. The number of carbonyl (C=O) groups excluding carboxylic acids is 1. The van der Waals surface area contributed by atoms with Crippen molar-refractivity contribution in [2.45, 2.75) is 81.6 Å². The van der Waals surface area contributed by atoms with Crippen LogP contribution in [0.25, 0.3) is 0 Å². The van der Waals surface area contributed by atoms with E-state index in [0.29, 0.717) is 14.9 Å². The van der Waals surface area contributed by atoms with Crippen LogP contribution in [0, 0.1) is 0 Å². The molecule has 0 saturated carbocycles. The van der Waals surface area contributed by atoms with E-state index in [1.54, 1.807) is 13.8 Å². The van der Waals surface area contributed by atoms with Gasteiger partial charge in [-0.05, 0) is 57.1 Å². The van der Waals surface area contributed by atoms with Gasteiger partial charge in [0.15, 0.2) is 0 Å². The molecule has 5 N–H and O–H groups in total. The number of anilines is 1. The lowest BCUT2D eigenvalue weighted by atomic mass is 9.90. The topological polar surface area (TPSA) is 141 Å². The third-order valence-electron chi connectivity index (χ3n) is 5.65. The van der Waals surface area contributed by atoms with E-state index < -0.39 is 16.7 Å². The maximum Gasteiger partial charge on any atom is 0.204 e. The predicted molar refractivity (Wildman–Crippen MR) is 121 cm³/mol. The van der Waals surface area contributed by atoms with Crippen LogP contribution in [0.1, 0.15) is 73.8 Å². The molecule has 0 saturated heterocycles. The van der Waals surface area contributed by atoms with Gasteiger partial charge in [0.2, 0.25) is 17.5 Å². The Morgan fingerprint density at radius 3 is 2.48 bits per heavy atom. The zero-order valence-electron chi connectivity index (χ0n) is 18.4. The summed E-state index contributed by atoms with van der Waals surface area (Å²) in [4.78, 5) is 17.6. The summed E-state index contributed by atoms with van der Waals surface area (Å²) in [5.74, 6) is 0. The van der Waals surface area contributed by atoms with Crippen molar-refractivity contribution in [1.29, 1.82) is 0 Å². The zero-order chi connectivity index (χ0) is 23.0. The number of aliphatic hydroxyl groups is 1. The molecule has 2 aromatic rings. The Kier molecular flexibility index (Phi) is 6.85. The fourth-order valence-corrected chi connectivity index (χ4v) is 6.09. The SMILES string of the molecule is CC(C)(O)c1nc2c(s1)S(=O)OC2.CC1(C)CCc2c1nc1c(c2N)CCC1.NC=O. The lowest BCUT2D eigenvalue weighted by molar-refractivity contribution is -0.106. The largest absolute Gasteiger partial charge is 0.398 e. The number of amides is 1. The Balaban J connectivity index is 0.000000158. The van der Waals surface area contributed by atoms with Crippen LogP contribution in [0.3, 0.4) is 0 Å². The Hall–Kier alpha value is -1.88. The van der Waals surface area contributed by atoms with Crippen molar-refractivity contribution in [3.05, 3.63) is 33.2 Å². The van der Waals surface area contributed by atoms with Gasteiger partial charge in [0, 0.05) is 16.8 Å². The molecule has 31 heavy (non-hydrogen) atoms. The second-order valence-corrected chi connectivity index (χ2v) is 11.3. The van der Waals surface area contributed by atoms with Gasteiger partial charge in [-0.3, -0.25) is 14.0 Å². The molecule has 8 nitrogen and oxygen atoms in total. The summed E-state index contributed by atoms with van der Waals surface area (Å²) in [6.45, 7) is 8.17. The molecule has 0 fully saturated rings. The average molecular weight is 467 g/mol. The second kappa shape index (κ2) is 8.93. The highest BCUT2D eigenvalue weighted by Crippen LogP contribution is 2.42. The number of carbonyl (C=O) groups is 1. The summed E-state index contributed by atoms with van der Waals surface area (Å²) in [5, 5.41) is 10.2. The number of hydrogen-bond acceptors (Lipinski definition) is 8. The van der Waals surface area contributed by atoms with Crippen molar-refractivity contribution in [3.63, 3.8) is 0 Å². The minimum Gasteiger partial charge on any atom is -0.398 e. The fourth-order valence-electron chi connectivity index (χ4n) is 4.01. The number of hydrogen-bond donors (Lipinski definition) is 3. The molecule has 1 aliphatic heterocycles. The molecule has 10 heteroatoms. The number of nitrogens with zero attached hydrogens (tertiary/aromatic N) is 2. The van der Waals surface area contributed by atoms with Gasteiger partial charge in [0.05, 0.1) is 11.4 Å². The first kappa shape index (κ1) is 23.8. The van der Waals surface area contributed by atoms with Crippen molar-refractivity contribution in [1.82, 2.24) is 9.97 Å². The summed E-state index contributed by atoms with van der Waals surface area (Å²) < 4.78 is 16.7. The molecule has 1 atom stereocenters. The van der Waals surface area contributed by atoms with Gasteiger partial charge in [-0.15, -0.1) is 11.3 Å². The first-order valence-electron chi connectivity index (χ1n) is 10.2. The standard InChI is InChI=1S/C13H18N2.C7H9NO3S2.CH3NO/c1-13(2)7-6-9-11(14)8-4-3-5-10(8)15-12(9)13;1-7(2,9)6-8-4-3-11-13(10)5(4)12-6;2-1-3/h3-7H2,1-2H3,(H2,14,15);9H,3H2,1-2H3;1H,(H2,2,3). The number of thiazole rings is 1. The molecular weight excluding hydrogens is 436 g/mol. The van der Waals surface area contributed by atoms with Gasteiger partial charge in [0.1, 0.15) is 21.4 Å². The van der Waals surface area contributed by atoms with E-state index in [0.717, 1.165) is 24.9 Å². The smallest absolute Gasteiger partial charge is 0.204 e. The van der Waals surface area contributed by atoms with Gasteiger partial charge in [-0.1, -0.05) is 13.8 Å². The normalized spacial score (nSPS) is 20.0. The van der Waals surface area contributed by atoms with Gasteiger partial charge in [0.25, 0.3) is 0 Å². The summed E-state index contributed by atoms with van der Waals surface area (Å²) in [6.07, 6.45) is 6.07. The van der Waals surface area contributed by atoms with Crippen LogP contribution in [0.4, 0.5) is 5.69 Å². The molecule has 3 aliphatic rings. The Bertz CT molecular complexity index is 1010. The lowest BCUT2D eigenvalue weighted by Crippen LogP contribution is -2.15. The van der Waals surface area contributed by atoms with Crippen LogP contribution in [-0.4, -0.2) is 25.7 Å². The summed E-state index contributed by atoms with van der Waals surface area (Å²) >= 11 is -0.116. The maximum atomic E-state index is 11.2. The monoisotopic (exact) mass is 466 g/mol. The first-order valence-corrected chi connectivity index (χ1v) is 12.1. The van der Waals surface area contributed by atoms with E-state index in [1.807, 2.05) is 0 Å². The molecule has 5 rings (SSSR count). The molecule has 1 unspecified atom stereocenters. The molecule has 2 aliphatic carbocycles. The van der Waals surface area contributed by atoms with Crippen molar-refractivity contribution in [3.8, 4) is 0 Å². The van der Waals surface area contributed by atoms with Crippen LogP contribution in [-0.2, 0) is 56.9 Å². The van der Waals surface area contributed by atoms with Crippen LogP contribution in [0.5, 0.6) is 0 Å². The summed E-state index contributed by atoms with van der Waals surface area (Å²) in [5.41, 5.74) is 16.7. The first-order chi connectivity index (χ1) is 14.5. The van der Waals surface area contributed by atoms with E-state index >= 15 is 0 Å². The van der Waals surface area contributed by atoms with Gasteiger partial charge < -0.3 is 16.6 Å². The van der Waals surface area contributed by atoms with Crippen molar-refractivity contribution >= 4 is 34.5 Å². The van der Waals surface area contributed by atoms with Crippen molar-refractivity contribution < 1.29 is 18.3 Å². The molecule has 0 bridgehead atoms. The molecule has 2 aromatic heterocycles. The zero-order valence-corrected chi connectivity index (χ0v) is 20.0. The summed E-state index contributed by atoms with van der Waals surface area (Å²) in [7, 11) is 0. The molecular formula is C21H30N4O4S2. The fraction of sp³-hybridized carbons (Fsp3) is 0.571. The second-order valence-electron chi connectivity index (χ2n) is 8.96. The number of nitrogen functional groups attached to an aromatic ring is 1. The van der Waals surface area contributed by atoms with Crippen molar-refractivity contribution in [2.24, 2.45) is 5.73 Å². The quantitative estimate of drug-likeness (QED) is 0.548. The lowest BCUT2D eigenvalue weighted by Gasteiger charge is -2.19. The minimum atomic E-state index is -1.37. The van der Waals surface area contributed by atoms with Gasteiger partial charge >= 0.3 is 0 Å². The van der Waals surface area contributed by atoms with E-state index in [9.17, 15) is 9.32 Å². The van der Waals surface area contributed by atoms with E-state index in [2.05, 4.69) is 24.6 Å². The minimum absolute atomic E-state index is 0.237. The Morgan fingerprint density at radius 2 is 1.87 bits per heavy atom. The molecule has 0 spiro atoms. The number of aryl methyl sites for hydroxylation is 1. The van der Waals surface area contributed by atoms with Gasteiger partial charge in [-0.25, -0.2) is 9.19 Å². The molecule has 170 valence electrons. The molecule has 1 amide bonds. The highest BCUT2D eigenvalue weighted by molar-refractivity contribution is 7.83. The van der Waals surface area contributed by atoms with Crippen LogP contribution < -0.4 is 11.5 Å². The average Bonchev–Trinajstić information content (AvgIpc) is 3.42. The third kappa shape index (κ3) is 4.82. The summed E-state index contributed by atoms with van der Waals surface area (Å²) in [6, 6.07) is 0. The third-order valence-corrected chi connectivity index (χ3v) is 8.39. The van der Waals surface area contributed by atoms with E-state index in [-0.39, 0.29) is 18.4 Å². The number of aromatic nitrogens is 2. The molecule has 3 heterocycles. The Morgan fingerprint density at radius 1 is 1.19 bits per heavy atom. The van der Waals surface area contributed by atoms with Crippen LogP contribution in [0.15, 0.2) is 4.21 Å². The number of nitrogens with two attached hydrogens (primary N) is 2. The molecule has 0 radical (unpaired) electrons. The van der Waals surface area contributed by atoms with E-state index in [4.69, 9.17) is 19.7 Å². The van der Waals surface area contributed by atoms with Crippen molar-refractivity contribution in [2.75, 3.05) is 5.73 Å².